The molecule has 1 nitrogen and oxygen atoms in total. The van der Waals surface area contributed by atoms with Gasteiger partial charge in [0.25, 0.3) is 0 Å². The average Bonchev–Trinajstić information content (AvgIpc) is 2.99. The van der Waals surface area contributed by atoms with Crippen LogP contribution >= 0.6 is 0 Å². The standard InChI is InChI=1S/C27H45N/c1-18(2)7-6-8-19(3)23-11-12-24-22-10-9-20-17-21(28)13-15-26(20,4)25(22)14-16-27(23,24)5/h9,18-19,22-25,28H,6-8,10-17H2,1-5H3/t19-,22+,23-,24?,25+,26+,27-/m1/s1. The Labute approximate surface area is 174 Å². The Morgan fingerprint density at radius 2 is 1.82 bits per heavy atom. The molecule has 4 rings (SSSR count). The Morgan fingerprint density at radius 3 is 2.57 bits per heavy atom. The van der Waals surface area contributed by atoms with Crippen LogP contribution in [0.15, 0.2) is 11.6 Å². The Morgan fingerprint density at radius 1 is 1.04 bits per heavy atom. The third-order valence-corrected chi connectivity index (χ3v) is 10.2. The maximum absolute atomic E-state index is 8.19. The van der Waals surface area contributed by atoms with Crippen molar-refractivity contribution in [2.75, 3.05) is 0 Å². The largest absolute Gasteiger partial charge is 0.309 e. The van der Waals surface area contributed by atoms with Crippen LogP contribution < -0.4 is 0 Å². The Hall–Kier alpha value is -0.590. The van der Waals surface area contributed by atoms with Crippen LogP contribution in [0.25, 0.3) is 0 Å². The highest BCUT2D eigenvalue weighted by Gasteiger charge is 2.58. The highest BCUT2D eigenvalue weighted by molar-refractivity contribution is 5.85. The van der Waals surface area contributed by atoms with Crippen molar-refractivity contribution in [3.05, 3.63) is 11.6 Å². The Kier molecular flexibility index (Phi) is 5.60. The van der Waals surface area contributed by atoms with Crippen LogP contribution in [-0.2, 0) is 0 Å². The summed E-state index contributed by atoms with van der Waals surface area (Å²) in [7, 11) is 0. The van der Waals surface area contributed by atoms with Gasteiger partial charge in [-0.05, 0) is 91.3 Å². The summed E-state index contributed by atoms with van der Waals surface area (Å²) >= 11 is 0. The molecule has 3 fully saturated rings. The van der Waals surface area contributed by atoms with Gasteiger partial charge in [0, 0.05) is 12.1 Å². The quantitative estimate of drug-likeness (QED) is 0.464. The lowest BCUT2D eigenvalue weighted by Crippen LogP contribution is -2.50. The summed E-state index contributed by atoms with van der Waals surface area (Å²) in [6.07, 6.45) is 17.4. The summed E-state index contributed by atoms with van der Waals surface area (Å²) in [5.41, 5.74) is 3.64. The van der Waals surface area contributed by atoms with E-state index in [1.807, 2.05) is 0 Å². The van der Waals surface area contributed by atoms with Gasteiger partial charge in [-0.2, -0.15) is 0 Å². The summed E-state index contributed by atoms with van der Waals surface area (Å²) in [6.45, 7) is 12.6. The van der Waals surface area contributed by atoms with Crippen LogP contribution in [-0.4, -0.2) is 5.71 Å². The lowest BCUT2D eigenvalue weighted by atomic mass is 9.47. The zero-order valence-corrected chi connectivity index (χ0v) is 19.3. The minimum absolute atomic E-state index is 0.412. The van der Waals surface area contributed by atoms with Crippen molar-refractivity contribution in [3.63, 3.8) is 0 Å². The molecule has 0 saturated heterocycles. The zero-order valence-electron chi connectivity index (χ0n) is 19.3. The Bertz CT molecular complexity index is 630. The number of nitrogens with one attached hydrogen (secondary N) is 1. The summed E-state index contributed by atoms with van der Waals surface area (Å²) < 4.78 is 0. The van der Waals surface area contributed by atoms with Crippen LogP contribution in [0.2, 0.25) is 0 Å². The molecule has 0 aromatic heterocycles. The van der Waals surface area contributed by atoms with Crippen LogP contribution in [0.4, 0.5) is 0 Å². The third kappa shape index (κ3) is 3.33. The first kappa shape index (κ1) is 20.7. The molecule has 4 aliphatic carbocycles. The first-order valence-corrected chi connectivity index (χ1v) is 12.5. The molecule has 1 N–H and O–H groups in total. The molecule has 158 valence electrons. The van der Waals surface area contributed by atoms with E-state index < -0.39 is 0 Å². The third-order valence-electron chi connectivity index (χ3n) is 10.2. The van der Waals surface area contributed by atoms with E-state index in [1.165, 1.54) is 57.8 Å². The highest BCUT2D eigenvalue weighted by Crippen LogP contribution is 2.67. The fourth-order valence-electron chi connectivity index (χ4n) is 8.53. The summed E-state index contributed by atoms with van der Waals surface area (Å²) in [6, 6.07) is 0. The van der Waals surface area contributed by atoms with Crippen molar-refractivity contribution >= 4 is 5.71 Å². The monoisotopic (exact) mass is 383 g/mol. The number of rotatable bonds is 5. The van der Waals surface area contributed by atoms with E-state index in [4.69, 9.17) is 5.41 Å². The molecule has 0 aromatic carbocycles. The molecule has 7 atom stereocenters. The summed E-state index contributed by atoms with van der Waals surface area (Å²) in [4.78, 5) is 0. The molecule has 1 unspecified atom stereocenters. The molecular formula is C27H45N. The highest BCUT2D eigenvalue weighted by atomic mass is 14.6. The average molecular weight is 384 g/mol. The van der Waals surface area contributed by atoms with Crippen LogP contribution in [0.1, 0.15) is 105 Å². The van der Waals surface area contributed by atoms with Crippen LogP contribution in [0.5, 0.6) is 0 Å². The van der Waals surface area contributed by atoms with Gasteiger partial charge in [-0.1, -0.05) is 65.5 Å². The predicted molar refractivity (Wildman–Crippen MR) is 121 cm³/mol. The predicted octanol–water partition coefficient (Wildman–Crippen LogP) is 8.05. The van der Waals surface area contributed by atoms with Crippen molar-refractivity contribution in [2.45, 2.75) is 105 Å². The number of hydrogen-bond acceptors (Lipinski definition) is 1. The van der Waals surface area contributed by atoms with E-state index in [1.54, 1.807) is 5.57 Å². The fraction of sp³-hybridized carbons (Fsp3) is 0.889. The van der Waals surface area contributed by atoms with Crippen molar-refractivity contribution in [3.8, 4) is 0 Å². The first-order valence-electron chi connectivity index (χ1n) is 12.5. The normalized spacial score (nSPS) is 43.9. The van der Waals surface area contributed by atoms with E-state index in [0.29, 0.717) is 10.8 Å². The van der Waals surface area contributed by atoms with Gasteiger partial charge in [0.2, 0.25) is 0 Å². The van der Waals surface area contributed by atoms with Gasteiger partial charge in [-0.3, -0.25) is 0 Å². The topological polar surface area (TPSA) is 23.9 Å². The van der Waals surface area contributed by atoms with Gasteiger partial charge in [0.05, 0.1) is 0 Å². The molecule has 28 heavy (non-hydrogen) atoms. The minimum Gasteiger partial charge on any atom is -0.309 e. The van der Waals surface area contributed by atoms with E-state index in [9.17, 15) is 0 Å². The van der Waals surface area contributed by atoms with Gasteiger partial charge in [-0.15, -0.1) is 0 Å². The first-order chi connectivity index (χ1) is 13.3. The van der Waals surface area contributed by atoms with Crippen LogP contribution in [0.3, 0.4) is 0 Å². The van der Waals surface area contributed by atoms with Crippen LogP contribution in [0, 0.1) is 51.7 Å². The molecule has 0 amide bonds. The van der Waals surface area contributed by atoms with Gasteiger partial charge >= 0.3 is 0 Å². The molecule has 0 spiro atoms. The molecule has 0 aliphatic heterocycles. The zero-order chi connectivity index (χ0) is 20.1. The maximum Gasteiger partial charge on any atom is 0.0130 e. The Balaban J connectivity index is 1.50. The molecule has 0 heterocycles. The molecule has 0 radical (unpaired) electrons. The van der Waals surface area contributed by atoms with Crippen molar-refractivity contribution in [2.24, 2.45) is 46.3 Å². The SMILES string of the molecule is CC(C)CCC[C@@H](C)[C@H]1CCC2[C@@H]3CC=C4CC(=N)CC[C@]4(C)[C@H]3CC[C@@]21C. The van der Waals surface area contributed by atoms with Crippen molar-refractivity contribution < 1.29 is 0 Å². The number of fused-ring (bicyclic) bond motifs is 5. The maximum atomic E-state index is 8.19. The smallest absolute Gasteiger partial charge is 0.0130 e. The van der Waals surface area contributed by atoms with Gasteiger partial charge in [0.1, 0.15) is 0 Å². The summed E-state index contributed by atoms with van der Waals surface area (Å²) in [5, 5.41) is 8.19. The van der Waals surface area contributed by atoms with Crippen molar-refractivity contribution in [1.82, 2.24) is 0 Å². The van der Waals surface area contributed by atoms with Gasteiger partial charge in [0.15, 0.2) is 0 Å². The second kappa shape index (κ2) is 7.59. The molecule has 3 saturated carbocycles. The van der Waals surface area contributed by atoms with E-state index >= 15 is 0 Å². The molecule has 4 aliphatic rings. The fourth-order valence-corrected chi connectivity index (χ4v) is 8.53. The lowest BCUT2D eigenvalue weighted by molar-refractivity contribution is -0.0468. The van der Waals surface area contributed by atoms with E-state index in [0.717, 1.165) is 54.1 Å². The minimum atomic E-state index is 0.412. The van der Waals surface area contributed by atoms with E-state index in [2.05, 4.69) is 40.7 Å². The van der Waals surface area contributed by atoms with Gasteiger partial charge in [-0.25, -0.2) is 0 Å². The molecule has 1 heteroatoms. The summed E-state index contributed by atoms with van der Waals surface area (Å²) in [5.74, 6) is 5.51. The van der Waals surface area contributed by atoms with E-state index in [-0.39, 0.29) is 0 Å². The molecular weight excluding hydrogens is 338 g/mol. The second-order valence-corrected chi connectivity index (χ2v) is 12.1. The second-order valence-electron chi connectivity index (χ2n) is 12.1. The van der Waals surface area contributed by atoms with Gasteiger partial charge < -0.3 is 5.41 Å². The number of hydrogen-bond donors (Lipinski definition) is 1. The van der Waals surface area contributed by atoms with Crippen molar-refractivity contribution in [1.29, 1.82) is 5.41 Å². The lowest BCUT2D eigenvalue weighted by Gasteiger charge is -2.58. The number of allylic oxidation sites excluding steroid dienone is 2. The molecule has 0 aromatic rings. The molecule has 0 bridgehead atoms.